The van der Waals surface area contributed by atoms with Crippen molar-refractivity contribution in [1.82, 2.24) is 4.90 Å². The Kier molecular flexibility index (Phi) is 5.42. The number of imide groups is 1. The predicted molar refractivity (Wildman–Crippen MR) is 100 cm³/mol. The number of hydrogen-bond acceptors (Lipinski definition) is 4. The summed E-state index contributed by atoms with van der Waals surface area (Å²) >= 11 is 0.950. The minimum absolute atomic E-state index is 0.160. The summed E-state index contributed by atoms with van der Waals surface area (Å²) in [5.74, 6) is 0.0833. The van der Waals surface area contributed by atoms with Crippen molar-refractivity contribution >= 4 is 29.0 Å². The summed E-state index contributed by atoms with van der Waals surface area (Å²) < 4.78 is 18.8. The van der Waals surface area contributed by atoms with E-state index >= 15 is 0 Å². The molecule has 0 unspecified atom stereocenters. The number of rotatable bonds is 5. The summed E-state index contributed by atoms with van der Waals surface area (Å²) in [5, 5.41) is -0.244. The number of thioether (sulfide) groups is 1. The molecule has 2 amide bonds. The van der Waals surface area contributed by atoms with Crippen LogP contribution >= 0.6 is 11.8 Å². The maximum atomic E-state index is 13.2. The normalized spacial score (nSPS) is 16.0. The lowest BCUT2D eigenvalue weighted by atomic mass is 10.2. The van der Waals surface area contributed by atoms with Gasteiger partial charge in [0.25, 0.3) is 11.1 Å². The molecule has 6 heteroatoms. The van der Waals surface area contributed by atoms with E-state index in [-0.39, 0.29) is 29.6 Å². The second kappa shape index (κ2) is 7.74. The number of benzene rings is 2. The van der Waals surface area contributed by atoms with E-state index in [4.69, 9.17) is 4.74 Å². The molecule has 0 saturated carbocycles. The van der Waals surface area contributed by atoms with Gasteiger partial charge in [0, 0.05) is 6.04 Å². The molecule has 2 aromatic rings. The summed E-state index contributed by atoms with van der Waals surface area (Å²) in [6.45, 7) is 3.89. The van der Waals surface area contributed by atoms with Gasteiger partial charge in [0.15, 0.2) is 0 Å². The van der Waals surface area contributed by atoms with E-state index in [0.29, 0.717) is 10.7 Å². The van der Waals surface area contributed by atoms with Gasteiger partial charge >= 0.3 is 0 Å². The molecule has 1 fully saturated rings. The van der Waals surface area contributed by atoms with Crippen LogP contribution in [-0.4, -0.2) is 22.1 Å². The predicted octanol–water partition coefficient (Wildman–Crippen LogP) is 4.85. The third-order valence-corrected chi connectivity index (χ3v) is 4.70. The first kappa shape index (κ1) is 18.2. The smallest absolute Gasteiger partial charge is 0.293 e. The van der Waals surface area contributed by atoms with Crippen LogP contribution in [0.4, 0.5) is 9.18 Å². The minimum Gasteiger partial charge on any atom is -0.489 e. The summed E-state index contributed by atoms with van der Waals surface area (Å²) in [7, 11) is 0. The van der Waals surface area contributed by atoms with Gasteiger partial charge in [-0.1, -0.05) is 24.3 Å². The van der Waals surface area contributed by atoms with Gasteiger partial charge in [0.2, 0.25) is 0 Å². The van der Waals surface area contributed by atoms with E-state index in [1.165, 1.54) is 17.0 Å². The Hall–Kier alpha value is -2.60. The van der Waals surface area contributed by atoms with Gasteiger partial charge < -0.3 is 4.74 Å². The molecule has 1 aliphatic rings. The van der Waals surface area contributed by atoms with Gasteiger partial charge in [0.1, 0.15) is 18.2 Å². The number of carbonyl (C=O) groups is 2. The number of ether oxygens (including phenoxy) is 1. The lowest BCUT2D eigenvalue weighted by molar-refractivity contribution is -0.123. The van der Waals surface area contributed by atoms with Crippen LogP contribution in [0.5, 0.6) is 5.75 Å². The zero-order chi connectivity index (χ0) is 18.7. The zero-order valence-corrected chi connectivity index (χ0v) is 15.3. The number of carbonyl (C=O) groups excluding carboxylic acids is 2. The highest BCUT2D eigenvalue weighted by Gasteiger charge is 2.36. The van der Waals surface area contributed by atoms with Crippen molar-refractivity contribution < 1.29 is 18.7 Å². The molecule has 134 valence electrons. The molecule has 1 saturated heterocycles. The number of halogens is 1. The first-order valence-electron chi connectivity index (χ1n) is 8.18. The van der Waals surface area contributed by atoms with Gasteiger partial charge in [-0.05, 0) is 67.1 Å². The zero-order valence-electron chi connectivity index (χ0n) is 14.4. The first-order chi connectivity index (χ1) is 12.4. The van der Waals surface area contributed by atoms with Crippen molar-refractivity contribution in [3.05, 3.63) is 70.4 Å². The molecule has 4 nitrogen and oxygen atoms in total. The molecular formula is C20H18FNO3S. The molecule has 1 aliphatic heterocycles. The maximum absolute atomic E-state index is 13.2. The van der Waals surface area contributed by atoms with E-state index < -0.39 is 0 Å². The Bertz CT molecular complexity index is 862. The number of nitrogens with zero attached hydrogens (tertiary/aromatic N) is 1. The van der Waals surface area contributed by atoms with E-state index in [0.717, 1.165) is 22.9 Å². The van der Waals surface area contributed by atoms with Crippen LogP contribution in [0, 0.1) is 5.82 Å². The molecule has 0 aromatic heterocycles. The van der Waals surface area contributed by atoms with E-state index in [1.54, 1.807) is 30.3 Å². The molecule has 0 radical (unpaired) electrons. The molecule has 0 atom stereocenters. The highest BCUT2D eigenvalue weighted by molar-refractivity contribution is 8.18. The Balaban J connectivity index is 1.66. The Labute approximate surface area is 155 Å². The molecule has 3 rings (SSSR count). The molecule has 0 spiro atoms. The quantitative estimate of drug-likeness (QED) is 0.705. The lowest BCUT2D eigenvalue weighted by Gasteiger charge is -2.16. The second-order valence-electron chi connectivity index (χ2n) is 6.13. The summed E-state index contributed by atoms with van der Waals surface area (Å²) in [5.41, 5.74) is 1.55. The third kappa shape index (κ3) is 4.14. The van der Waals surface area contributed by atoms with E-state index in [9.17, 15) is 14.0 Å². The SMILES string of the molecule is CC(C)N1C(=O)S/C(=C/c2ccc(OCc3cccc(F)c3)cc2)C1=O. The Morgan fingerprint density at radius 2 is 1.88 bits per heavy atom. The van der Waals surface area contributed by atoms with Crippen molar-refractivity contribution in [3.63, 3.8) is 0 Å². The van der Waals surface area contributed by atoms with Crippen LogP contribution in [0.3, 0.4) is 0 Å². The number of hydrogen-bond donors (Lipinski definition) is 0. The van der Waals surface area contributed by atoms with Gasteiger partial charge in [-0.25, -0.2) is 4.39 Å². The molecule has 1 heterocycles. The summed E-state index contributed by atoms with van der Waals surface area (Å²) in [6.07, 6.45) is 1.70. The second-order valence-corrected chi connectivity index (χ2v) is 7.13. The van der Waals surface area contributed by atoms with Crippen LogP contribution in [0.15, 0.2) is 53.4 Å². The molecule has 2 aromatic carbocycles. The molecular weight excluding hydrogens is 353 g/mol. The van der Waals surface area contributed by atoms with Crippen molar-refractivity contribution in [3.8, 4) is 5.75 Å². The molecule has 26 heavy (non-hydrogen) atoms. The third-order valence-electron chi connectivity index (χ3n) is 3.81. The minimum atomic E-state index is -0.295. The fourth-order valence-corrected chi connectivity index (χ4v) is 3.49. The average Bonchev–Trinajstić information content (AvgIpc) is 2.88. The van der Waals surface area contributed by atoms with Gasteiger partial charge in [0.05, 0.1) is 4.91 Å². The van der Waals surface area contributed by atoms with Crippen LogP contribution in [-0.2, 0) is 11.4 Å². The van der Waals surface area contributed by atoms with Crippen molar-refractivity contribution in [2.45, 2.75) is 26.5 Å². The van der Waals surface area contributed by atoms with Gasteiger partial charge in [-0.15, -0.1) is 0 Å². The molecule has 0 N–H and O–H groups in total. The van der Waals surface area contributed by atoms with Crippen LogP contribution < -0.4 is 4.74 Å². The summed E-state index contributed by atoms with van der Waals surface area (Å²) in [4.78, 5) is 25.9. The number of amides is 2. The highest BCUT2D eigenvalue weighted by atomic mass is 32.2. The van der Waals surface area contributed by atoms with Crippen LogP contribution in [0.2, 0.25) is 0 Å². The lowest BCUT2D eigenvalue weighted by Crippen LogP contribution is -2.34. The van der Waals surface area contributed by atoms with E-state index in [1.807, 2.05) is 26.0 Å². The Morgan fingerprint density at radius 3 is 2.50 bits per heavy atom. The Morgan fingerprint density at radius 1 is 1.15 bits per heavy atom. The fourth-order valence-electron chi connectivity index (χ4n) is 2.53. The summed E-state index contributed by atoms with van der Waals surface area (Å²) in [6, 6.07) is 13.3. The topological polar surface area (TPSA) is 46.6 Å². The van der Waals surface area contributed by atoms with Crippen molar-refractivity contribution in [2.24, 2.45) is 0 Å². The van der Waals surface area contributed by atoms with Gasteiger partial charge in [-0.2, -0.15) is 0 Å². The standard InChI is InChI=1S/C20H18FNO3S/c1-13(2)22-19(23)18(26-20(22)24)11-14-6-8-17(9-7-14)25-12-15-4-3-5-16(21)10-15/h3-11,13H,12H2,1-2H3/b18-11+. The molecule has 0 bridgehead atoms. The van der Waals surface area contributed by atoms with Crippen LogP contribution in [0.1, 0.15) is 25.0 Å². The monoisotopic (exact) mass is 371 g/mol. The maximum Gasteiger partial charge on any atom is 0.293 e. The van der Waals surface area contributed by atoms with E-state index in [2.05, 4.69) is 0 Å². The van der Waals surface area contributed by atoms with Crippen molar-refractivity contribution in [2.75, 3.05) is 0 Å². The largest absolute Gasteiger partial charge is 0.489 e. The van der Waals surface area contributed by atoms with Crippen LogP contribution in [0.25, 0.3) is 6.08 Å². The molecule has 0 aliphatic carbocycles. The van der Waals surface area contributed by atoms with Gasteiger partial charge in [-0.3, -0.25) is 14.5 Å². The van der Waals surface area contributed by atoms with Crippen molar-refractivity contribution in [1.29, 1.82) is 0 Å². The first-order valence-corrected chi connectivity index (χ1v) is 9.00. The highest BCUT2D eigenvalue weighted by Crippen LogP contribution is 2.33. The fraction of sp³-hybridized carbons (Fsp3) is 0.200. The average molecular weight is 371 g/mol.